The first-order valence-corrected chi connectivity index (χ1v) is 3.38. The Balaban J connectivity index is 2.49. The zero-order valence-electron chi connectivity index (χ0n) is 5.90. The van der Waals surface area contributed by atoms with Crippen LogP contribution in [0, 0.1) is 0 Å². The highest BCUT2D eigenvalue weighted by molar-refractivity contribution is 4.81. The van der Waals surface area contributed by atoms with E-state index in [0.29, 0.717) is 6.42 Å². The third-order valence-electron chi connectivity index (χ3n) is 1.72. The normalized spacial score (nSPS) is 49.2. The summed E-state index contributed by atoms with van der Waals surface area (Å²) in [5, 5.41) is 18.2. The van der Waals surface area contributed by atoms with E-state index in [1.54, 1.807) is 6.92 Å². The van der Waals surface area contributed by atoms with Gasteiger partial charge in [-0.15, -0.1) is 0 Å². The highest BCUT2D eigenvalue weighted by atomic mass is 16.6. The molecule has 0 aliphatic carbocycles. The van der Waals surface area contributed by atoms with Crippen molar-refractivity contribution in [3.63, 3.8) is 0 Å². The van der Waals surface area contributed by atoms with E-state index >= 15 is 0 Å². The van der Waals surface area contributed by atoms with Gasteiger partial charge in [0, 0.05) is 6.42 Å². The first-order valence-electron chi connectivity index (χ1n) is 3.38. The summed E-state index contributed by atoms with van der Waals surface area (Å²) >= 11 is 0. The van der Waals surface area contributed by atoms with Gasteiger partial charge in [0.25, 0.3) is 0 Å². The summed E-state index contributed by atoms with van der Waals surface area (Å²) in [6.45, 7) is 1.79. The van der Waals surface area contributed by atoms with Gasteiger partial charge in [-0.05, 0) is 6.92 Å². The lowest BCUT2D eigenvalue weighted by Gasteiger charge is -2.33. The van der Waals surface area contributed by atoms with E-state index in [9.17, 15) is 0 Å². The highest BCUT2D eigenvalue weighted by Gasteiger charge is 2.31. The van der Waals surface area contributed by atoms with Gasteiger partial charge < -0.3 is 20.7 Å². The minimum absolute atomic E-state index is 0.107. The van der Waals surface area contributed by atoms with Crippen LogP contribution in [0.3, 0.4) is 0 Å². The van der Waals surface area contributed by atoms with Crippen LogP contribution in [0.4, 0.5) is 0 Å². The molecule has 10 heavy (non-hydrogen) atoms. The van der Waals surface area contributed by atoms with Crippen molar-refractivity contribution in [2.45, 2.75) is 37.9 Å². The van der Waals surface area contributed by atoms with E-state index in [-0.39, 0.29) is 6.10 Å². The second-order valence-electron chi connectivity index (χ2n) is 2.72. The van der Waals surface area contributed by atoms with Crippen molar-refractivity contribution in [1.82, 2.24) is 0 Å². The van der Waals surface area contributed by atoms with Crippen LogP contribution >= 0.6 is 0 Å². The van der Waals surface area contributed by atoms with Crippen LogP contribution in [0.25, 0.3) is 0 Å². The Morgan fingerprint density at radius 1 is 1.50 bits per heavy atom. The van der Waals surface area contributed by atoms with Gasteiger partial charge >= 0.3 is 0 Å². The molecular formula is C6H13NO3. The molecule has 0 aromatic rings. The second kappa shape index (κ2) is 2.84. The summed E-state index contributed by atoms with van der Waals surface area (Å²) in [7, 11) is 0. The summed E-state index contributed by atoms with van der Waals surface area (Å²) < 4.78 is 4.94. The number of hydrogen-bond acceptors (Lipinski definition) is 4. The molecule has 1 heterocycles. The Kier molecular flexibility index (Phi) is 2.25. The van der Waals surface area contributed by atoms with Crippen molar-refractivity contribution >= 4 is 0 Å². The fourth-order valence-electron chi connectivity index (χ4n) is 1.07. The van der Waals surface area contributed by atoms with E-state index in [1.807, 2.05) is 0 Å². The molecule has 0 radical (unpaired) electrons. The third-order valence-corrected chi connectivity index (χ3v) is 1.72. The number of ether oxygens (including phenoxy) is 1. The largest absolute Gasteiger partial charge is 0.391 e. The van der Waals surface area contributed by atoms with Crippen molar-refractivity contribution in [2.75, 3.05) is 0 Å². The minimum Gasteiger partial charge on any atom is -0.391 e. The Hall–Kier alpha value is -0.160. The molecule has 0 aromatic carbocycles. The maximum Gasteiger partial charge on any atom is 0.172 e. The third kappa shape index (κ3) is 1.46. The number of hydrogen-bond donors (Lipinski definition) is 3. The minimum atomic E-state index is -1.02. The molecule has 1 saturated heterocycles. The fraction of sp³-hybridized carbons (Fsp3) is 1.00. The van der Waals surface area contributed by atoms with Gasteiger partial charge in [0.2, 0.25) is 0 Å². The standard InChI is InChI=1S/C6H13NO3/c1-3-2-4(8)5(7)6(9)10-3/h3-6,8-9H,2,7H2,1H3/t3-,4+,5-,6?/m1/s1. The lowest BCUT2D eigenvalue weighted by Crippen LogP contribution is -2.52. The van der Waals surface area contributed by atoms with Crippen LogP contribution in [0.2, 0.25) is 0 Å². The van der Waals surface area contributed by atoms with Gasteiger partial charge in [-0.3, -0.25) is 0 Å². The zero-order chi connectivity index (χ0) is 7.72. The molecule has 1 aliphatic rings. The Morgan fingerprint density at radius 3 is 2.60 bits per heavy atom. The molecule has 1 rings (SSSR count). The Morgan fingerprint density at radius 2 is 2.10 bits per heavy atom. The molecule has 0 aromatic heterocycles. The average Bonchev–Trinajstić information content (AvgIpc) is 1.82. The van der Waals surface area contributed by atoms with Crippen molar-refractivity contribution < 1.29 is 14.9 Å². The topological polar surface area (TPSA) is 75.7 Å². The van der Waals surface area contributed by atoms with E-state index < -0.39 is 18.4 Å². The molecule has 4 heteroatoms. The van der Waals surface area contributed by atoms with Gasteiger partial charge in [-0.2, -0.15) is 0 Å². The van der Waals surface area contributed by atoms with Crippen LogP contribution in [0.5, 0.6) is 0 Å². The van der Waals surface area contributed by atoms with E-state index in [4.69, 9.17) is 20.7 Å². The van der Waals surface area contributed by atoms with Gasteiger partial charge in [0.15, 0.2) is 6.29 Å². The predicted molar refractivity (Wildman–Crippen MR) is 35.2 cm³/mol. The number of rotatable bonds is 0. The van der Waals surface area contributed by atoms with Gasteiger partial charge in [0.1, 0.15) is 0 Å². The summed E-state index contributed by atoms with van der Waals surface area (Å²) in [6.07, 6.45) is -1.26. The predicted octanol–water partition coefficient (Wildman–Crippen LogP) is -1.20. The quantitative estimate of drug-likeness (QED) is 0.402. The Bertz CT molecular complexity index is 108. The molecule has 0 bridgehead atoms. The van der Waals surface area contributed by atoms with Crippen LogP contribution < -0.4 is 5.73 Å². The van der Waals surface area contributed by atoms with E-state index in [1.165, 1.54) is 0 Å². The molecule has 4 N–H and O–H groups in total. The smallest absolute Gasteiger partial charge is 0.172 e. The summed E-state index contributed by atoms with van der Waals surface area (Å²) in [6, 6.07) is -0.656. The first-order chi connectivity index (χ1) is 4.61. The van der Waals surface area contributed by atoms with E-state index in [0.717, 1.165) is 0 Å². The van der Waals surface area contributed by atoms with Crippen molar-refractivity contribution in [2.24, 2.45) is 5.73 Å². The fourth-order valence-corrected chi connectivity index (χ4v) is 1.07. The lowest BCUT2D eigenvalue weighted by molar-refractivity contribution is -0.195. The lowest BCUT2D eigenvalue weighted by atomic mass is 10.0. The summed E-state index contributed by atoms with van der Waals surface area (Å²) in [5.41, 5.74) is 5.36. The molecule has 0 saturated carbocycles. The van der Waals surface area contributed by atoms with Crippen molar-refractivity contribution in [3.8, 4) is 0 Å². The molecule has 0 spiro atoms. The molecule has 1 aliphatic heterocycles. The monoisotopic (exact) mass is 147 g/mol. The Labute approximate surface area is 59.6 Å². The summed E-state index contributed by atoms with van der Waals surface area (Å²) in [5.74, 6) is 0. The molecule has 4 nitrogen and oxygen atoms in total. The second-order valence-corrected chi connectivity index (χ2v) is 2.72. The van der Waals surface area contributed by atoms with E-state index in [2.05, 4.69) is 0 Å². The molecule has 1 unspecified atom stereocenters. The average molecular weight is 147 g/mol. The van der Waals surface area contributed by atoms with Crippen LogP contribution in [-0.4, -0.2) is 34.8 Å². The van der Waals surface area contributed by atoms with Crippen LogP contribution in [-0.2, 0) is 4.74 Å². The molecule has 1 fully saturated rings. The first kappa shape index (κ1) is 7.94. The molecule has 4 atom stereocenters. The zero-order valence-corrected chi connectivity index (χ0v) is 5.90. The molecule has 0 amide bonds. The van der Waals surface area contributed by atoms with Crippen molar-refractivity contribution in [3.05, 3.63) is 0 Å². The molecule has 60 valence electrons. The maximum atomic E-state index is 9.15. The number of aliphatic hydroxyl groups excluding tert-OH is 2. The van der Waals surface area contributed by atoms with Gasteiger partial charge in [0.05, 0.1) is 18.2 Å². The van der Waals surface area contributed by atoms with Gasteiger partial charge in [-0.1, -0.05) is 0 Å². The SMILES string of the molecule is C[C@@H]1C[C@H](O)[C@@H](N)C(O)O1. The maximum absolute atomic E-state index is 9.15. The van der Waals surface area contributed by atoms with Crippen molar-refractivity contribution in [1.29, 1.82) is 0 Å². The highest BCUT2D eigenvalue weighted by Crippen LogP contribution is 2.16. The number of nitrogens with two attached hydrogens (primary N) is 1. The van der Waals surface area contributed by atoms with Gasteiger partial charge in [-0.25, -0.2) is 0 Å². The molecular weight excluding hydrogens is 134 g/mol. The van der Waals surface area contributed by atoms with Crippen LogP contribution in [0.15, 0.2) is 0 Å². The summed E-state index contributed by atoms with van der Waals surface area (Å²) in [4.78, 5) is 0. The van der Waals surface area contributed by atoms with Crippen LogP contribution in [0.1, 0.15) is 13.3 Å². The number of aliphatic hydroxyl groups is 2.